The summed E-state index contributed by atoms with van der Waals surface area (Å²) >= 11 is 0. The van der Waals surface area contributed by atoms with Crippen LogP contribution < -0.4 is 4.90 Å². The SMILES string of the molecule is CCOC(=O)C1(C)OC2C=Cc3ccccc3N2C(C(=O)OC)=C1C(=O)OC. The van der Waals surface area contributed by atoms with Crippen LogP contribution in [0.25, 0.3) is 6.08 Å². The molecule has 28 heavy (non-hydrogen) atoms. The topological polar surface area (TPSA) is 91.4 Å². The number of carbonyl (C=O) groups excluding carboxylic acids is 3. The highest BCUT2D eigenvalue weighted by molar-refractivity contribution is 6.09. The van der Waals surface area contributed by atoms with Crippen molar-refractivity contribution >= 4 is 29.7 Å². The zero-order valence-electron chi connectivity index (χ0n) is 16.1. The third kappa shape index (κ3) is 2.95. The number of hydrogen-bond donors (Lipinski definition) is 0. The molecule has 0 N–H and O–H groups in total. The number of anilines is 1. The van der Waals surface area contributed by atoms with Crippen molar-refractivity contribution in [2.24, 2.45) is 0 Å². The van der Waals surface area contributed by atoms with E-state index in [1.54, 1.807) is 25.1 Å². The highest BCUT2D eigenvalue weighted by Crippen LogP contribution is 2.43. The zero-order chi connectivity index (χ0) is 20.5. The molecular weight excluding hydrogens is 366 g/mol. The lowest BCUT2D eigenvalue weighted by Gasteiger charge is -2.45. The minimum absolute atomic E-state index is 0.0762. The third-order valence-corrected chi connectivity index (χ3v) is 4.64. The van der Waals surface area contributed by atoms with E-state index in [-0.39, 0.29) is 17.9 Å². The Kier molecular flexibility index (Phi) is 5.24. The lowest BCUT2D eigenvalue weighted by molar-refractivity contribution is -0.174. The van der Waals surface area contributed by atoms with Gasteiger partial charge in [0.25, 0.3) is 0 Å². The maximum absolute atomic E-state index is 12.8. The van der Waals surface area contributed by atoms with Gasteiger partial charge in [0.2, 0.25) is 0 Å². The van der Waals surface area contributed by atoms with E-state index >= 15 is 0 Å². The van der Waals surface area contributed by atoms with Crippen LogP contribution in [0.5, 0.6) is 0 Å². The molecule has 0 saturated heterocycles. The van der Waals surface area contributed by atoms with E-state index in [2.05, 4.69) is 0 Å². The van der Waals surface area contributed by atoms with Crippen molar-refractivity contribution in [3.8, 4) is 0 Å². The maximum atomic E-state index is 12.8. The van der Waals surface area contributed by atoms with Crippen molar-refractivity contribution < 1.29 is 33.3 Å². The molecule has 2 aliphatic heterocycles. The molecule has 0 bridgehead atoms. The number of esters is 3. The van der Waals surface area contributed by atoms with E-state index in [1.165, 1.54) is 18.9 Å². The summed E-state index contributed by atoms with van der Waals surface area (Å²) in [7, 11) is 2.36. The molecule has 2 heterocycles. The monoisotopic (exact) mass is 387 g/mol. The van der Waals surface area contributed by atoms with Crippen molar-refractivity contribution in [3.63, 3.8) is 0 Å². The Morgan fingerprint density at radius 1 is 1.14 bits per heavy atom. The Balaban J connectivity index is 2.32. The molecule has 1 aromatic carbocycles. The number of nitrogens with zero attached hydrogens (tertiary/aromatic N) is 1. The molecule has 2 atom stereocenters. The third-order valence-electron chi connectivity index (χ3n) is 4.64. The average Bonchev–Trinajstić information content (AvgIpc) is 2.71. The van der Waals surface area contributed by atoms with Gasteiger partial charge in [0, 0.05) is 0 Å². The van der Waals surface area contributed by atoms with E-state index in [1.807, 2.05) is 18.2 Å². The van der Waals surface area contributed by atoms with Gasteiger partial charge in [0.1, 0.15) is 11.3 Å². The van der Waals surface area contributed by atoms with Crippen LogP contribution in [0.4, 0.5) is 5.69 Å². The van der Waals surface area contributed by atoms with Gasteiger partial charge in [-0.3, -0.25) is 0 Å². The van der Waals surface area contributed by atoms with E-state index in [0.717, 1.165) is 12.7 Å². The summed E-state index contributed by atoms with van der Waals surface area (Å²) in [4.78, 5) is 39.7. The van der Waals surface area contributed by atoms with Crippen LogP contribution in [-0.2, 0) is 33.3 Å². The molecule has 0 fully saturated rings. The molecule has 0 aliphatic carbocycles. The van der Waals surface area contributed by atoms with Crippen LogP contribution in [0.2, 0.25) is 0 Å². The second kappa shape index (κ2) is 7.47. The van der Waals surface area contributed by atoms with Crippen molar-refractivity contribution in [1.29, 1.82) is 0 Å². The molecule has 0 spiro atoms. The van der Waals surface area contributed by atoms with Gasteiger partial charge < -0.3 is 23.8 Å². The number of methoxy groups -OCH3 is 2. The Hall–Kier alpha value is -3.13. The minimum Gasteiger partial charge on any atom is -0.466 e. The molecule has 0 amide bonds. The molecule has 8 heteroatoms. The fraction of sp³-hybridized carbons (Fsp3) is 0.350. The Labute approximate surface area is 162 Å². The lowest BCUT2D eigenvalue weighted by atomic mass is 9.89. The smallest absolute Gasteiger partial charge is 0.355 e. The molecule has 0 saturated carbocycles. The first-order chi connectivity index (χ1) is 13.4. The van der Waals surface area contributed by atoms with Gasteiger partial charge in [-0.25, -0.2) is 14.4 Å². The number of benzene rings is 1. The Bertz CT molecular complexity index is 888. The van der Waals surface area contributed by atoms with Gasteiger partial charge in [-0.15, -0.1) is 0 Å². The molecule has 3 rings (SSSR count). The fourth-order valence-electron chi connectivity index (χ4n) is 3.35. The Morgan fingerprint density at radius 3 is 2.46 bits per heavy atom. The second-order valence-corrected chi connectivity index (χ2v) is 6.26. The van der Waals surface area contributed by atoms with Crippen molar-refractivity contribution in [2.75, 3.05) is 25.7 Å². The highest BCUT2D eigenvalue weighted by Gasteiger charge is 2.55. The van der Waals surface area contributed by atoms with Gasteiger partial charge in [-0.2, -0.15) is 0 Å². The number of fused-ring (bicyclic) bond motifs is 3. The van der Waals surface area contributed by atoms with E-state index in [0.29, 0.717) is 5.69 Å². The number of hydrogen-bond acceptors (Lipinski definition) is 8. The van der Waals surface area contributed by atoms with Crippen LogP contribution in [-0.4, -0.2) is 50.6 Å². The number of ether oxygens (including phenoxy) is 4. The molecule has 2 aliphatic rings. The summed E-state index contributed by atoms with van der Waals surface area (Å²) in [5, 5.41) is 0. The lowest BCUT2D eigenvalue weighted by Crippen LogP contribution is -2.58. The van der Waals surface area contributed by atoms with Crippen LogP contribution in [0.15, 0.2) is 41.6 Å². The van der Waals surface area contributed by atoms with Crippen LogP contribution >= 0.6 is 0 Å². The molecule has 2 unspecified atom stereocenters. The van der Waals surface area contributed by atoms with Gasteiger partial charge in [-0.05, 0) is 31.6 Å². The van der Waals surface area contributed by atoms with Crippen LogP contribution in [0.1, 0.15) is 19.4 Å². The largest absolute Gasteiger partial charge is 0.466 e. The molecule has 0 aromatic heterocycles. The first-order valence-electron chi connectivity index (χ1n) is 8.71. The molecular formula is C20H21NO7. The second-order valence-electron chi connectivity index (χ2n) is 6.26. The van der Waals surface area contributed by atoms with E-state index in [4.69, 9.17) is 18.9 Å². The summed E-state index contributed by atoms with van der Waals surface area (Å²) < 4.78 is 20.9. The first kappa shape index (κ1) is 19.6. The van der Waals surface area contributed by atoms with Crippen molar-refractivity contribution in [3.05, 3.63) is 47.2 Å². The van der Waals surface area contributed by atoms with Crippen molar-refractivity contribution in [1.82, 2.24) is 0 Å². The van der Waals surface area contributed by atoms with Gasteiger partial charge in [0.05, 0.1) is 26.5 Å². The molecule has 148 valence electrons. The maximum Gasteiger partial charge on any atom is 0.355 e. The summed E-state index contributed by atoms with van der Waals surface area (Å²) in [5.74, 6) is -2.49. The summed E-state index contributed by atoms with van der Waals surface area (Å²) in [6.07, 6.45) is 2.68. The molecule has 1 aromatic rings. The molecule has 0 radical (unpaired) electrons. The minimum atomic E-state index is -1.86. The van der Waals surface area contributed by atoms with E-state index < -0.39 is 29.7 Å². The van der Waals surface area contributed by atoms with Crippen LogP contribution in [0, 0.1) is 0 Å². The highest BCUT2D eigenvalue weighted by atomic mass is 16.6. The fourth-order valence-corrected chi connectivity index (χ4v) is 3.35. The zero-order valence-corrected chi connectivity index (χ0v) is 16.1. The Morgan fingerprint density at radius 2 is 1.82 bits per heavy atom. The quantitative estimate of drug-likeness (QED) is 0.571. The average molecular weight is 387 g/mol. The van der Waals surface area contributed by atoms with E-state index in [9.17, 15) is 14.4 Å². The number of rotatable bonds is 4. The van der Waals surface area contributed by atoms with Gasteiger partial charge in [0.15, 0.2) is 11.8 Å². The standard InChI is InChI=1S/C20H21NO7/c1-5-27-19(24)20(2)15(17(22)25-3)16(18(23)26-4)21-13-9-7-6-8-12(13)10-11-14(21)28-20/h6-11,14H,5H2,1-4H3. The van der Waals surface area contributed by atoms with Crippen molar-refractivity contribution in [2.45, 2.75) is 25.7 Å². The summed E-state index contributed by atoms with van der Waals surface area (Å²) in [5.41, 5.74) is -0.820. The van der Waals surface area contributed by atoms with Gasteiger partial charge in [-0.1, -0.05) is 24.3 Å². The normalized spacial score (nSPS) is 22.9. The van der Waals surface area contributed by atoms with Gasteiger partial charge >= 0.3 is 17.9 Å². The number of carbonyl (C=O) groups is 3. The summed E-state index contributed by atoms with van der Waals surface area (Å²) in [6, 6.07) is 7.27. The van der Waals surface area contributed by atoms with Crippen LogP contribution in [0.3, 0.4) is 0 Å². The summed E-state index contributed by atoms with van der Waals surface area (Å²) in [6.45, 7) is 3.09. The number of para-hydroxylation sites is 1. The predicted octanol–water partition coefficient (Wildman–Crippen LogP) is 1.80. The first-order valence-corrected chi connectivity index (χ1v) is 8.71. The predicted molar refractivity (Wildman–Crippen MR) is 98.9 cm³/mol. The molecule has 8 nitrogen and oxygen atoms in total.